The summed E-state index contributed by atoms with van der Waals surface area (Å²) in [5.41, 5.74) is -0.929. The number of allylic oxidation sites excluding steroid dienone is 1. The first-order valence-corrected chi connectivity index (χ1v) is 23.6. The maximum absolute atomic E-state index is 15.0. The minimum atomic E-state index is -4.57. The second-order valence-electron chi connectivity index (χ2n) is 16.8. The van der Waals surface area contributed by atoms with Gasteiger partial charge in [0.05, 0.1) is 30.2 Å². The number of para-hydroxylation sites is 1. The molecule has 5 atom stereocenters. The first kappa shape index (κ1) is 44.1. The fourth-order valence-corrected chi connectivity index (χ4v) is 10.8. The number of fused-ring (bicyclic) bond motifs is 5. The summed E-state index contributed by atoms with van der Waals surface area (Å²) < 4.78 is 86.3. The Hall–Kier alpha value is -6.09. The summed E-state index contributed by atoms with van der Waals surface area (Å²) in [5, 5.41) is 6.24. The lowest BCUT2D eigenvalue weighted by molar-refractivity contribution is -0.140. The highest BCUT2D eigenvalue weighted by atomic mass is 32.2. The van der Waals surface area contributed by atoms with E-state index in [4.69, 9.17) is 13.9 Å². The van der Waals surface area contributed by atoms with Crippen molar-refractivity contribution in [3.63, 3.8) is 0 Å². The van der Waals surface area contributed by atoms with Gasteiger partial charge in [-0.05, 0) is 69.7 Å². The molecule has 3 aromatic heterocycles. The number of halogens is 3. The number of benzene rings is 2. The number of methoxy groups -OCH3 is 1. The number of sulfonamides is 1. The quantitative estimate of drug-likeness (QED) is 0.107. The highest BCUT2D eigenvalue weighted by Gasteiger charge is 2.62. The molecule has 3 N–H and O–H groups in total. The molecule has 3 amide bonds. The van der Waals surface area contributed by atoms with E-state index in [9.17, 15) is 40.8 Å². The van der Waals surface area contributed by atoms with Gasteiger partial charge in [0.1, 0.15) is 39.7 Å². The van der Waals surface area contributed by atoms with Crippen molar-refractivity contribution < 1.29 is 54.7 Å². The molecule has 342 valence electrons. The second kappa shape index (κ2) is 17.0. The minimum Gasteiger partial charge on any atom is -0.470 e. The fourth-order valence-electron chi connectivity index (χ4n) is 8.48. The van der Waals surface area contributed by atoms with Crippen molar-refractivity contribution in [2.24, 2.45) is 5.92 Å². The van der Waals surface area contributed by atoms with Crippen molar-refractivity contribution in [3.8, 4) is 17.3 Å². The molecule has 5 heterocycles. The van der Waals surface area contributed by atoms with Gasteiger partial charge in [-0.15, -0.1) is 0 Å². The number of hydrogen-bond acceptors (Lipinski definition) is 14. The number of nitrogens with zero attached hydrogens (tertiary/aromatic N) is 4. The van der Waals surface area contributed by atoms with Crippen LogP contribution in [-0.2, 0) is 35.3 Å². The summed E-state index contributed by atoms with van der Waals surface area (Å²) >= 11 is 1.02. The van der Waals surface area contributed by atoms with Crippen LogP contribution < -0.4 is 20.1 Å². The van der Waals surface area contributed by atoms with Gasteiger partial charge in [-0.3, -0.25) is 19.1 Å². The number of nitrogens with one attached hydrogen (secondary N) is 3. The molecule has 9 rings (SSSR count). The van der Waals surface area contributed by atoms with Crippen LogP contribution in [0.5, 0.6) is 5.88 Å². The molecule has 2 aliphatic heterocycles. The van der Waals surface area contributed by atoms with Gasteiger partial charge < -0.3 is 29.4 Å². The number of carbonyl (C=O) groups is 4. The normalized spacial score (nSPS) is 24.6. The van der Waals surface area contributed by atoms with E-state index in [0.717, 1.165) is 36.3 Å². The van der Waals surface area contributed by atoms with Gasteiger partial charge >= 0.3 is 12.1 Å². The number of alkyl halides is 3. The van der Waals surface area contributed by atoms with Crippen LogP contribution in [0.25, 0.3) is 33.5 Å². The second-order valence-corrected chi connectivity index (χ2v) is 19.8. The van der Waals surface area contributed by atoms with Crippen LogP contribution >= 0.6 is 11.3 Å². The molecule has 0 bridgehead atoms. The molecule has 5 aromatic rings. The average Bonchev–Trinajstić information content (AvgIpc) is 4.13. The molecular weight excluding hydrogens is 892 g/mol. The fraction of sp³-hybridized carbons (Fsp3) is 0.432. The van der Waals surface area contributed by atoms with E-state index in [1.165, 1.54) is 24.1 Å². The lowest BCUT2D eigenvalue weighted by Crippen LogP contribution is -2.57. The number of thiazole rings is 1. The van der Waals surface area contributed by atoms with Gasteiger partial charge in [0.25, 0.3) is 11.8 Å². The smallest absolute Gasteiger partial charge is 0.416 e. The van der Waals surface area contributed by atoms with Crippen LogP contribution in [0, 0.1) is 12.8 Å². The van der Waals surface area contributed by atoms with E-state index in [2.05, 4.69) is 30.3 Å². The topological polar surface area (TPSA) is 212 Å². The van der Waals surface area contributed by atoms with Crippen molar-refractivity contribution in [2.45, 2.75) is 99.9 Å². The summed E-state index contributed by atoms with van der Waals surface area (Å²) in [6.45, 7) is 1.48. The summed E-state index contributed by atoms with van der Waals surface area (Å²) in [4.78, 5) is 71.4. The summed E-state index contributed by atoms with van der Waals surface area (Å²) in [6, 6.07) is 9.15. The maximum Gasteiger partial charge on any atom is 0.416 e. The van der Waals surface area contributed by atoms with Crippen LogP contribution in [-0.4, -0.2) is 94.6 Å². The Morgan fingerprint density at radius 3 is 2.52 bits per heavy atom. The van der Waals surface area contributed by atoms with Crippen molar-refractivity contribution >= 4 is 72.3 Å². The average molecular weight is 936 g/mol. The molecule has 0 radical (unpaired) electrons. The number of aromatic nitrogens is 3. The Labute approximate surface area is 374 Å². The molecule has 1 saturated heterocycles. The molecule has 65 heavy (non-hydrogen) atoms. The number of anilines is 1. The first-order chi connectivity index (χ1) is 31.0. The number of esters is 1. The molecule has 16 nitrogen and oxygen atoms in total. The molecule has 2 aromatic carbocycles. The monoisotopic (exact) mass is 935 g/mol. The summed E-state index contributed by atoms with van der Waals surface area (Å²) in [7, 11) is -2.72. The number of aryl methyl sites for hydroxylation is 1. The number of rotatable bonds is 9. The van der Waals surface area contributed by atoms with E-state index >= 15 is 0 Å². The van der Waals surface area contributed by atoms with Gasteiger partial charge in [-0.1, -0.05) is 60.6 Å². The third-order valence-electron chi connectivity index (χ3n) is 12.2. The van der Waals surface area contributed by atoms with Crippen molar-refractivity contribution in [3.05, 3.63) is 76.8 Å². The predicted molar refractivity (Wildman–Crippen MR) is 231 cm³/mol. The highest BCUT2D eigenvalue weighted by Crippen LogP contribution is 2.46. The van der Waals surface area contributed by atoms with Gasteiger partial charge in [0, 0.05) is 23.3 Å². The Balaban J connectivity index is 1.08. The zero-order chi connectivity index (χ0) is 45.8. The molecule has 0 spiro atoms. The summed E-state index contributed by atoms with van der Waals surface area (Å²) in [5.74, 6) is -3.22. The van der Waals surface area contributed by atoms with E-state index in [1.54, 1.807) is 31.2 Å². The van der Waals surface area contributed by atoms with Crippen molar-refractivity contribution in [2.75, 3.05) is 19.0 Å². The van der Waals surface area contributed by atoms with Gasteiger partial charge in [0.15, 0.2) is 11.0 Å². The number of ether oxygens (including phenoxy) is 2. The lowest BCUT2D eigenvalue weighted by Gasteiger charge is -2.29. The standard InChI is InChI=1S/C44H44F3N7O9S2/c1-23-35(40(57)61-2)64-42(48-23)49-30-12-7-5-3-4-6-10-26-21-43(26,41(58)53-65(59,60)28-18-19-28)52-37(55)31-20-27(22-54(31)39(30)56)62-38-34-33(29-11-8-9-13-32(29)63-34)50-36(51-38)24-14-16-25(17-15-24)44(45,46)47/h6,8-11,13-17,26-28,30-31H,3-5,7,12,18-22H2,1-2H3,(H,48,49)(H,52,55)(H,53,58)/b10-6-/t26-,27-,30+,31+,43-/m1/s1. The Bertz CT molecular complexity index is 2840. The number of carbonyl (C=O) groups excluding carboxylic acids is 4. The number of amides is 3. The molecular formula is C44H44F3N7O9S2. The largest absolute Gasteiger partial charge is 0.470 e. The number of hydrogen-bond donors (Lipinski definition) is 3. The Morgan fingerprint density at radius 1 is 1.02 bits per heavy atom. The molecule has 2 saturated carbocycles. The Kier molecular flexibility index (Phi) is 11.6. The predicted octanol–water partition coefficient (Wildman–Crippen LogP) is 6.45. The molecule has 3 fully saturated rings. The SMILES string of the molecule is COC(=O)c1sc(N[C@H]2CCCCC/C=C\[C@@H]3C[C@@]3(C(=O)NS(=O)(=O)C3CC3)NC(=O)[C@@H]3C[C@@H](Oc4nc(-c5ccc(C(F)(F)F)cc5)nc5c4oc4ccccc45)CN3C2=O)nc1C. The van der Waals surface area contributed by atoms with E-state index in [0.29, 0.717) is 54.3 Å². The molecule has 4 aliphatic rings. The molecule has 21 heteroatoms. The van der Waals surface area contributed by atoms with Crippen molar-refractivity contribution in [1.82, 2.24) is 29.9 Å². The van der Waals surface area contributed by atoms with Gasteiger partial charge in [-0.25, -0.2) is 23.2 Å². The lowest BCUT2D eigenvalue weighted by atomic mass is 10.1. The van der Waals surface area contributed by atoms with E-state index in [-0.39, 0.29) is 52.2 Å². The molecule has 0 unspecified atom stereocenters. The maximum atomic E-state index is 15.0. The van der Waals surface area contributed by atoms with E-state index < -0.39 is 80.3 Å². The van der Waals surface area contributed by atoms with Crippen LogP contribution in [0.4, 0.5) is 18.3 Å². The van der Waals surface area contributed by atoms with Crippen LogP contribution in [0.15, 0.2) is 65.1 Å². The molecule has 2 aliphatic carbocycles. The number of furan rings is 1. The Morgan fingerprint density at radius 2 is 1.78 bits per heavy atom. The first-order valence-electron chi connectivity index (χ1n) is 21.3. The third kappa shape index (κ3) is 8.86. The zero-order valence-corrected chi connectivity index (χ0v) is 36.8. The van der Waals surface area contributed by atoms with E-state index in [1.807, 2.05) is 12.2 Å². The van der Waals surface area contributed by atoms with Crippen LogP contribution in [0.3, 0.4) is 0 Å². The zero-order valence-electron chi connectivity index (χ0n) is 35.1. The van der Waals surface area contributed by atoms with Crippen LogP contribution in [0.2, 0.25) is 0 Å². The minimum absolute atomic E-state index is 0.0331. The summed E-state index contributed by atoms with van der Waals surface area (Å²) in [6.07, 6.45) is 2.13. The van der Waals surface area contributed by atoms with Gasteiger partial charge in [-0.2, -0.15) is 18.2 Å². The highest BCUT2D eigenvalue weighted by molar-refractivity contribution is 7.91. The van der Waals surface area contributed by atoms with Crippen molar-refractivity contribution in [1.29, 1.82) is 0 Å². The van der Waals surface area contributed by atoms with Crippen LogP contribution in [0.1, 0.15) is 78.7 Å². The third-order valence-corrected chi connectivity index (χ3v) is 15.1. The van der Waals surface area contributed by atoms with Gasteiger partial charge in [0.2, 0.25) is 27.4 Å².